The first-order valence-electron chi connectivity index (χ1n) is 6.19. The second kappa shape index (κ2) is 6.31. The van der Waals surface area contributed by atoms with Crippen LogP contribution in [0, 0.1) is 0 Å². The van der Waals surface area contributed by atoms with E-state index in [1.807, 2.05) is 20.8 Å². The third kappa shape index (κ3) is 3.30. The minimum absolute atomic E-state index is 0.102. The maximum Gasteiger partial charge on any atom is 0.260 e. The van der Waals surface area contributed by atoms with Crippen LogP contribution in [0.15, 0.2) is 11.2 Å². The molecule has 0 aliphatic heterocycles. The van der Waals surface area contributed by atoms with Gasteiger partial charge in [-0.1, -0.05) is 6.92 Å². The first-order chi connectivity index (χ1) is 8.43. The van der Waals surface area contributed by atoms with Crippen LogP contribution in [0.3, 0.4) is 0 Å². The highest BCUT2D eigenvalue weighted by atomic mass is 32.2. The molecule has 3 N–H and O–H groups in total. The summed E-state index contributed by atoms with van der Waals surface area (Å²) in [4.78, 5) is 6.88. The van der Waals surface area contributed by atoms with Crippen molar-refractivity contribution >= 4 is 10.0 Å². The van der Waals surface area contributed by atoms with Gasteiger partial charge in [-0.05, 0) is 26.8 Å². The predicted molar refractivity (Wildman–Crippen MR) is 70.7 cm³/mol. The van der Waals surface area contributed by atoms with Gasteiger partial charge in [0, 0.05) is 19.0 Å². The van der Waals surface area contributed by atoms with E-state index in [1.165, 1.54) is 10.5 Å². The fourth-order valence-corrected chi connectivity index (χ4v) is 3.29. The van der Waals surface area contributed by atoms with E-state index in [-0.39, 0.29) is 11.1 Å². The molecule has 0 bridgehead atoms. The van der Waals surface area contributed by atoms with Crippen molar-refractivity contribution in [2.75, 3.05) is 13.1 Å². The number of aromatic nitrogens is 2. The van der Waals surface area contributed by atoms with Crippen molar-refractivity contribution in [2.24, 2.45) is 5.73 Å². The lowest BCUT2D eigenvalue weighted by atomic mass is 10.3. The molecule has 0 spiro atoms. The lowest BCUT2D eigenvalue weighted by Crippen LogP contribution is -2.38. The van der Waals surface area contributed by atoms with Gasteiger partial charge in [0.05, 0.1) is 6.20 Å². The molecule has 0 atom stereocenters. The van der Waals surface area contributed by atoms with E-state index >= 15 is 0 Å². The molecular weight excluding hydrogens is 252 g/mol. The van der Waals surface area contributed by atoms with Crippen LogP contribution < -0.4 is 5.73 Å². The van der Waals surface area contributed by atoms with Gasteiger partial charge in [-0.25, -0.2) is 13.4 Å². The van der Waals surface area contributed by atoms with Gasteiger partial charge in [0.2, 0.25) is 0 Å². The van der Waals surface area contributed by atoms with Gasteiger partial charge >= 0.3 is 0 Å². The van der Waals surface area contributed by atoms with Crippen molar-refractivity contribution < 1.29 is 8.42 Å². The SMILES string of the molecule is CCc1ncc(S(=O)(=O)N(CCCN)C(C)C)[nH]1. The van der Waals surface area contributed by atoms with Gasteiger partial charge in [0.25, 0.3) is 10.0 Å². The zero-order valence-corrected chi connectivity index (χ0v) is 12.0. The van der Waals surface area contributed by atoms with Crippen molar-refractivity contribution in [3.05, 3.63) is 12.0 Å². The molecule has 0 aliphatic rings. The van der Waals surface area contributed by atoms with E-state index in [2.05, 4.69) is 9.97 Å². The van der Waals surface area contributed by atoms with Crippen LogP contribution in [0.25, 0.3) is 0 Å². The normalized spacial score (nSPS) is 12.6. The number of rotatable bonds is 7. The molecule has 0 amide bonds. The van der Waals surface area contributed by atoms with Crippen LogP contribution in [-0.4, -0.2) is 41.8 Å². The number of nitrogens with zero attached hydrogens (tertiary/aromatic N) is 2. The van der Waals surface area contributed by atoms with Gasteiger partial charge in [0.1, 0.15) is 5.82 Å². The maximum atomic E-state index is 12.4. The number of aromatic amines is 1. The Morgan fingerprint density at radius 3 is 2.61 bits per heavy atom. The molecule has 0 aliphatic carbocycles. The van der Waals surface area contributed by atoms with Crippen LogP contribution in [0.5, 0.6) is 0 Å². The predicted octanol–water partition coefficient (Wildman–Crippen LogP) is 0.720. The highest BCUT2D eigenvalue weighted by Gasteiger charge is 2.28. The first-order valence-corrected chi connectivity index (χ1v) is 7.63. The molecule has 1 rings (SSSR count). The molecule has 0 aromatic carbocycles. The molecule has 0 radical (unpaired) electrons. The Labute approximate surface area is 109 Å². The highest BCUT2D eigenvalue weighted by molar-refractivity contribution is 7.89. The van der Waals surface area contributed by atoms with Gasteiger partial charge in [-0.3, -0.25) is 0 Å². The molecule has 18 heavy (non-hydrogen) atoms. The van der Waals surface area contributed by atoms with E-state index in [0.717, 1.165) is 0 Å². The first kappa shape index (κ1) is 15.1. The number of aryl methyl sites for hydroxylation is 1. The number of hydrogen-bond acceptors (Lipinski definition) is 4. The van der Waals surface area contributed by atoms with Crippen LogP contribution in [0.1, 0.15) is 33.0 Å². The Bertz CT molecular complexity index is 467. The number of nitrogens with two attached hydrogens (primary N) is 1. The topological polar surface area (TPSA) is 92.1 Å². The summed E-state index contributed by atoms with van der Waals surface area (Å²) >= 11 is 0. The second-order valence-electron chi connectivity index (χ2n) is 4.40. The lowest BCUT2D eigenvalue weighted by Gasteiger charge is -2.24. The quantitative estimate of drug-likeness (QED) is 0.766. The highest BCUT2D eigenvalue weighted by Crippen LogP contribution is 2.16. The van der Waals surface area contributed by atoms with Crippen LogP contribution in [-0.2, 0) is 16.4 Å². The van der Waals surface area contributed by atoms with Crippen molar-refractivity contribution in [3.8, 4) is 0 Å². The second-order valence-corrected chi connectivity index (χ2v) is 6.26. The fourth-order valence-electron chi connectivity index (χ4n) is 1.68. The molecular formula is C11H22N4O2S. The Morgan fingerprint density at radius 1 is 1.50 bits per heavy atom. The van der Waals surface area contributed by atoms with Crippen LogP contribution in [0.4, 0.5) is 0 Å². The molecule has 1 aromatic heterocycles. The number of sulfonamides is 1. The van der Waals surface area contributed by atoms with E-state index < -0.39 is 10.0 Å². The summed E-state index contributed by atoms with van der Waals surface area (Å²) in [5, 5.41) is 0.157. The molecule has 0 unspecified atom stereocenters. The van der Waals surface area contributed by atoms with E-state index in [4.69, 9.17) is 5.73 Å². The van der Waals surface area contributed by atoms with Gasteiger partial charge in [-0.15, -0.1) is 0 Å². The third-order valence-electron chi connectivity index (χ3n) is 2.69. The minimum Gasteiger partial charge on any atom is -0.332 e. The Balaban J connectivity index is 3.00. The molecule has 0 fully saturated rings. The molecule has 0 saturated heterocycles. The summed E-state index contributed by atoms with van der Waals surface area (Å²) in [6, 6.07) is -0.102. The van der Waals surface area contributed by atoms with Gasteiger partial charge in [-0.2, -0.15) is 4.31 Å². The Kier molecular flexibility index (Phi) is 5.30. The summed E-state index contributed by atoms with van der Waals surface area (Å²) in [5.74, 6) is 0.677. The van der Waals surface area contributed by atoms with Crippen LogP contribution in [0.2, 0.25) is 0 Å². The molecule has 1 aromatic rings. The lowest BCUT2D eigenvalue weighted by molar-refractivity contribution is 0.350. The molecule has 7 heteroatoms. The fraction of sp³-hybridized carbons (Fsp3) is 0.727. The van der Waals surface area contributed by atoms with Crippen molar-refractivity contribution in [1.82, 2.24) is 14.3 Å². The molecule has 1 heterocycles. The number of hydrogen-bond donors (Lipinski definition) is 2. The largest absolute Gasteiger partial charge is 0.332 e. The molecule has 6 nitrogen and oxygen atoms in total. The average Bonchev–Trinajstić information content (AvgIpc) is 2.77. The van der Waals surface area contributed by atoms with Crippen molar-refractivity contribution in [3.63, 3.8) is 0 Å². The Morgan fingerprint density at radius 2 is 2.17 bits per heavy atom. The smallest absolute Gasteiger partial charge is 0.260 e. The standard InChI is InChI=1S/C11H22N4O2S/c1-4-10-13-8-11(14-10)18(16,17)15(9(2)3)7-5-6-12/h8-9H,4-7,12H2,1-3H3,(H,13,14). The van der Waals surface area contributed by atoms with Gasteiger partial charge < -0.3 is 10.7 Å². The summed E-state index contributed by atoms with van der Waals surface area (Å²) < 4.78 is 26.3. The number of imidazole rings is 1. The maximum absolute atomic E-state index is 12.4. The van der Waals surface area contributed by atoms with Gasteiger partial charge in [0.15, 0.2) is 5.03 Å². The summed E-state index contributed by atoms with van der Waals surface area (Å²) in [5.41, 5.74) is 5.44. The third-order valence-corrected chi connectivity index (χ3v) is 4.67. The van der Waals surface area contributed by atoms with Crippen molar-refractivity contribution in [2.45, 2.75) is 44.7 Å². The summed E-state index contributed by atoms with van der Waals surface area (Å²) in [6.45, 7) is 6.53. The monoisotopic (exact) mass is 274 g/mol. The van der Waals surface area contributed by atoms with Crippen molar-refractivity contribution in [1.29, 1.82) is 0 Å². The average molecular weight is 274 g/mol. The van der Waals surface area contributed by atoms with E-state index in [9.17, 15) is 8.42 Å². The summed E-state index contributed by atoms with van der Waals surface area (Å²) in [7, 11) is -3.50. The van der Waals surface area contributed by atoms with E-state index in [0.29, 0.717) is 31.8 Å². The number of H-pyrrole nitrogens is 1. The molecule has 0 saturated carbocycles. The summed E-state index contributed by atoms with van der Waals surface area (Å²) in [6.07, 6.45) is 2.71. The number of nitrogens with one attached hydrogen (secondary N) is 1. The molecule has 104 valence electrons. The Hall–Kier alpha value is -0.920. The minimum atomic E-state index is -3.50. The van der Waals surface area contributed by atoms with Crippen LogP contribution >= 0.6 is 0 Å². The zero-order chi connectivity index (χ0) is 13.8. The zero-order valence-electron chi connectivity index (χ0n) is 11.2. The van der Waals surface area contributed by atoms with E-state index in [1.54, 1.807) is 0 Å².